The molecule has 8 heteroatoms. The molecule has 0 atom stereocenters. The molecule has 2 heterocycles. The number of hydrogen-bond donors (Lipinski definition) is 2. The number of rotatable bonds is 6. The molecule has 1 aliphatic rings. The van der Waals surface area contributed by atoms with Gasteiger partial charge in [-0.25, -0.2) is 13.8 Å². The van der Waals surface area contributed by atoms with E-state index >= 15 is 0 Å². The molecule has 138 valence electrons. The third-order valence-electron chi connectivity index (χ3n) is 4.04. The van der Waals surface area contributed by atoms with Crippen LogP contribution in [0.4, 0.5) is 20.3 Å². The Kier molecular flexibility index (Phi) is 6.08. The molecule has 0 radical (unpaired) electrons. The van der Waals surface area contributed by atoms with Gasteiger partial charge < -0.3 is 15.4 Å². The molecule has 6 nitrogen and oxygen atoms in total. The zero-order valence-electron chi connectivity index (χ0n) is 14.2. The predicted molar refractivity (Wildman–Crippen MR) is 94.3 cm³/mol. The number of benzene rings is 1. The van der Waals surface area contributed by atoms with E-state index in [9.17, 15) is 13.6 Å². The molecule has 3 rings (SSSR count). The van der Waals surface area contributed by atoms with Crippen molar-refractivity contribution in [2.75, 3.05) is 50.0 Å². The minimum Gasteiger partial charge on any atom is -0.379 e. The summed E-state index contributed by atoms with van der Waals surface area (Å²) in [6.07, 6.45) is 1.53. The maximum Gasteiger partial charge on any atom is 0.255 e. The number of nitrogens with zero attached hydrogens (tertiary/aromatic N) is 2. The van der Waals surface area contributed by atoms with Crippen molar-refractivity contribution in [3.05, 3.63) is 53.7 Å². The topological polar surface area (TPSA) is 66.5 Å². The number of morpholine rings is 1. The number of halogens is 2. The second kappa shape index (κ2) is 8.68. The first-order valence-corrected chi connectivity index (χ1v) is 8.38. The summed E-state index contributed by atoms with van der Waals surface area (Å²) in [4.78, 5) is 18.8. The van der Waals surface area contributed by atoms with Crippen LogP contribution in [0, 0.1) is 11.6 Å². The number of aromatic nitrogens is 1. The van der Waals surface area contributed by atoms with E-state index < -0.39 is 17.5 Å². The van der Waals surface area contributed by atoms with Crippen LogP contribution in [0.1, 0.15) is 10.4 Å². The van der Waals surface area contributed by atoms with Crippen molar-refractivity contribution in [2.45, 2.75) is 0 Å². The maximum absolute atomic E-state index is 13.2. The van der Waals surface area contributed by atoms with Crippen LogP contribution in [-0.2, 0) is 4.74 Å². The quantitative estimate of drug-likeness (QED) is 0.826. The minimum atomic E-state index is -1.01. The summed E-state index contributed by atoms with van der Waals surface area (Å²) in [6.45, 7) is 4.87. The number of anilines is 2. The maximum atomic E-state index is 13.2. The van der Waals surface area contributed by atoms with E-state index in [1.165, 1.54) is 12.3 Å². The van der Waals surface area contributed by atoms with Gasteiger partial charge in [0.2, 0.25) is 0 Å². The third-order valence-corrected chi connectivity index (χ3v) is 4.04. The van der Waals surface area contributed by atoms with Gasteiger partial charge in [-0.3, -0.25) is 9.69 Å². The molecule has 0 bridgehead atoms. The molecule has 1 fully saturated rings. The van der Waals surface area contributed by atoms with Gasteiger partial charge >= 0.3 is 0 Å². The Balaban J connectivity index is 1.55. The molecule has 1 aliphatic heterocycles. The van der Waals surface area contributed by atoms with Gasteiger partial charge in [-0.05, 0) is 24.3 Å². The lowest BCUT2D eigenvalue weighted by molar-refractivity contribution is 0.0398. The summed E-state index contributed by atoms with van der Waals surface area (Å²) in [5, 5.41) is 5.72. The molecule has 1 saturated heterocycles. The molecule has 26 heavy (non-hydrogen) atoms. The summed E-state index contributed by atoms with van der Waals surface area (Å²) in [7, 11) is 0. The van der Waals surface area contributed by atoms with Crippen molar-refractivity contribution < 1.29 is 18.3 Å². The normalized spacial score (nSPS) is 14.8. The van der Waals surface area contributed by atoms with Crippen molar-refractivity contribution in [3.63, 3.8) is 0 Å². The largest absolute Gasteiger partial charge is 0.379 e. The predicted octanol–water partition coefficient (Wildman–Crippen LogP) is 2.36. The zero-order chi connectivity index (χ0) is 18.4. The van der Waals surface area contributed by atoms with Gasteiger partial charge in [0.1, 0.15) is 5.82 Å². The van der Waals surface area contributed by atoms with Gasteiger partial charge in [0.25, 0.3) is 5.91 Å². The monoisotopic (exact) mass is 362 g/mol. The van der Waals surface area contributed by atoms with Crippen molar-refractivity contribution in [2.24, 2.45) is 0 Å². The molecule has 1 aromatic heterocycles. The van der Waals surface area contributed by atoms with E-state index in [0.29, 0.717) is 17.9 Å². The van der Waals surface area contributed by atoms with E-state index in [-0.39, 0.29) is 5.69 Å². The SMILES string of the molecule is O=C(Nc1ccc(F)c(F)c1)c1ccnc(NCCN2CCOCC2)c1. The molecular formula is C18H20F2N4O2. The highest BCUT2D eigenvalue weighted by atomic mass is 19.2. The van der Waals surface area contributed by atoms with Crippen LogP contribution in [0.2, 0.25) is 0 Å². The summed E-state index contributed by atoms with van der Waals surface area (Å²) >= 11 is 0. The Labute approximate surface area is 150 Å². The van der Waals surface area contributed by atoms with Gasteiger partial charge in [0.15, 0.2) is 11.6 Å². The van der Waals surface area contributed by atoms with Crippen LogP contribution in [-0.4, -0.2) is 55.2 Å². The molecular weight excluding hydrogens is 342 g/mol. The van der Waals surface area contributed by atoms with Crippen LogP contribution in [0.25, 0.3) is 0 Å². The number of carbonyl (C=O) groups excluding carboxylic acids is 1. The average molecular weight is 362 g/mol. The van der Waals surface area contributed by atoms with Crippen LogP contribution in [0.3, 0.4) is 0 Å². The van der Waals surface area contributed by atoms with Crippen LogP contribution < -0.4 is 10.6 Å². The smallest absolute Gasteiger partial charge is 0.255 e. The highest BCUT2D eigenvalue weighted by Gasteiger charge is 2.11. The van der Waals surface area contributed by atoms with Crippen molar-refractivity contribution in [1.29, 1.82) is 0 Å². The first-order chi connectivity index (χ1) is 12.6. The molecule has 1 amide bonds. The Hall–Kier alpha value is -2.58. The van der Waals surface area contributed by atoms with E-state index in [2.05, 4.69) is 20.5 Å². The zero-order valence-corrected chi connectivity index (χ0v) is 14.2. The number of carbonyl (C=O) groups is 1. The number of amides is 1. The van der Waals surface area contributed by atoms with Crippen molar-refractivity contribution >= 4 is 17.4 Å². The van der Waals surface area contributed by atoms with Crippen molar-refractivity contribution in [3.8, 4) is 0 Å². The lowest BCUT2D eigenvalue weighted by Gasteiger charge is -2.26. The van der Waals surface area contributed by atoms with E-state index in [1.54, 1.807) is 12.1 Å². The van der Waals surface area contributed by atoms with Gasteiger partial charge in [0, 0.05) is 49.7 Å². The summed E-state index contributed by atoms with van der Waals surface area (Å²) in [6, 6.07) is 6.39. The molecule has 0 saturated carbocycles. The van der Waals surface area contributed by atoms with E-state index in [1.807, 2.05) is 0 Å². The lowest BCUT2D eigenvalue weighted by Crippen LogP contribution is -2.39. The fraction of sp³-hybridized carbons (Fsp3) is 0.333. The molecule has 2 aromatic rings. The standard InChI is InChI=1S/C18H20F2N4O2/c19-15-2-1-14(12-16(15)20)23-18(25)13-3-4-21-17(11-13)22-5-6-24-7-9-26-10-8-24/h1-4,11-12H,5-10H2,(H,21,22)(H,23,25). The average Bonchev–Trinajstić information content (AvgIpc) is 2.66. The van der Waals surface area contributed by atoms with Gasteiger partial charge in [-0.15, -0.1) is 0 Å². The van der Waals surface area contributed by atoms with Gasteiger partial charge in [-0.2, -0.15) is 0 Å². The summed E-state index contributed by atoms with van der Waals surface area (Å²) in [5.74, 6) is -1.81. The highest BCUT2D eigenvalue weighted by Crippen LogP contribution is 2.15. The molecule has 0 aliphatic carbocycles. The lowest BCUT2D eigenvalue weighted by atomic mass is 10.2. The Bertz CT molecular complexity index is 767. The fourth-order valence-electron chi connectivity index (χ4n) is 2.61. The second-order valence-corrected chi connectivity index (χ2v) is 5.89. The molecule has 1 aromatic carbocycles. The van der Waals surface area contributed by atoms with Crippen LogP contribution in [0.15, 0.2) is 36.5 Å². The van der Waals surface area contributed by atoms with Crippen LogP contribution in [0.5, 0.6) is 0 Å². The second-order valence-electron chi connectivity index (χ2n) is 5.89. The summed E-state index contributed by atoms with van der Waals surface area (Å²) < 4.78 is 31.5. The van der Waals surface area contributed by atoms with Crippen LogP contribution >= 0.6 is 0 Å². The number of pyridine rings is 1. The first kappa shape index (κ1) is 18.2. The highest BCUT2D eigenvalue weighted by molar-refractivity contribution is 6.04. The number of ether oxygens (including phenoxy) is 1. The molecule has 2 N–H and O–H groups in total. The Morgan fingerprint density at radius 1 is 1.15 bits per heavy atom. The minimum absolute atomic E-state index is 0.188. The third kappa shape index (κ3) is 4.96. The molecule has 0 spiro atoms. The van der Waals surface area contributed by atoms with Gasteiger partial charge in [-0.1, -0.05) is 0 Å². The van der Waals surface area contributed by atoms with Crippen molar-refractivity contribution in [1.82, 2.24) is 9.88 Å². The van der Waals surface area contributed by atoms with E-state index in [0.717, 1.165) is 45.0 Å². The Morgan fingerprint density at radius 3 is 2.73 bits per heavy atom. The summed E-state index contributed by atoms with van der Waals surface area (Å²) in [5.41, 5.74) is 0.561. The Morgan fingerprint density at radius 2 is 1.96 bits per heavy atom. The number of nitrogens with one attached hydrogen (secondary N) is 2. The fourth-order valence-corrected chi connectivity index (χ4v) is 2.61. The molecule has 0 unspecified atom stereocenters. The van der Waals surface area contributed by atoms with E-state index in [4.69, 9.17) is 4.74 Å². The number of hydrogen-bond acceptors (Lipinski definition) is 5. The van der Waals surface area contributed by atoms with Gasteiger partial charge in [0.05, 0.1) is 13.2 Å². The first-order valence-electron chi connectivity index (χ1n) is 8.38.